The lowest BCUT2D eigenvalue weighted by atomic mass is 9.68. The van der Waals surface area contributed by atoms with E-state index in [2.05, 4.69) is 14.8 Å². The summed E-state index contributed by atoms with van der Waals surface area (Å²) >= 11 is 0. The summed E-state index contributed by atoms with van der Waals surface area (Å²) in [5.74, 6) is 1.55. The Morgan fingerprint density at radius 3 is 2.56 bits per heavy atom. The number of piperidine rings is 2. The second-order valence-corrected chi connectivity index (χ2v) is 9.01. The van der Waals surface area contributed by atoms with E-state index in [9.17, 15) is 13.2 Å². The van der Waals surface area contributed by atoms with Crippen molar-refractivity contribution < 1.29 is 31.9 Å². The molecule has 4 aliphatic rings. The van der Waals surface area contributed by atoms with Gasteiger partial charge in [0.2, 0.25) is 0 Å². The summed E-state index contributed by atoms with van der Waals surface area (Å²) in [7, 11) is 1.71. The molecule has 6 rings (SSSR count). The number of aromatic nitrogens is 1. The smallest absolute Gasteiger partial charge is 0.405 e. The quantitative estimate of drug-likeness (QED) is 0.565. The fraction of sp³-hybridized carbons (Fsp3) is 0.609. The first kappa shape index (κ1) is 21.7. The minimum absolute atomic E-state index is 0.0810. The standard InChI is InChI=1S/C23H27F3N2O4/c1-13(29-2)28-10-15-9-16(11-28)21(15)30-12-18-20(27-32-22(18)14-7-8-14)17-5-3-4-6-19(17)31-23(24,25)26/h3-6,13-16,21H,7-12H2,1-2H3. The van der Waals surface area contributed by atoms with Crippen molar-refractivity contribution in [3.8, 4) is 17.0 Å². The van der Waals surface area contributed by atoms with E-state index < -0.39 is 6.36 Å². The largest absolute Gasteiger partial charge is 0.573 e. The number of ether oxygens (including phenoxy) is 3. The normalized spacial score (nSPS) is 26.6. The van der Waals surface area contributed by atoms with E-state index in [1.165, 1.54) is 12.1 Å². The highest BCUT2D eigenvalue weighted by atomic mass is 19.4. The maximum atomic E-state index is 12.9. The summed E-state index contributed by atoms with van der Waals surface area (Å²) in [4.78, 5) is 2.32. The Hall–Kier alpha value is -2.10. The van der Waals surface area contributed by atoms with Gasteiger partial charge in [0.25, 0.3) is 0 Å². The van der Waals surface area contributed by atoms with Crippen LogP contribution in [0.5, 0.6) is 5.75 Å². The van der Waals surface area contributed by atoms with E-state index in [4.69, 9.17) is 14.0 Å². The zero-order valence-electron chi connectivity index (χ0n) is 18.1. The van der Waals surface area contributed by atoms with Gasteiger partial charge in [0.05, 0.1) is 12.7 Å². The van der Waals surface area contributed by atoms with Gasteiger partial charge in [-0.15, -0.1) is 13.2 Å². The third-order valence-corrected chi connectivity index (χ3v) is 6.88. The Morgan fingerprint density at radius 2 is 1.91 bits per heavy atom. The van der Waals surface area contributed by atoms with Gasteiger partial charge >= 0.3 is 6.36 Å². The minimum Gasteiger partial charge on any atom is -0.405 e. The van der Waals surface area contributed by atoms with Crippen molar-refractivity contribution in [1.82, 2.24) is 10.1 Å². The number of fused-ring (bicyclic) bond motifs is 2. The summed E-state index contributed by atoms with van der Waals surface area (Å²) in [6.45, 7) is 4.16. The molecule has 2 saturated heterocycles. The molecule has 1 aromatic heterocycles. The Bertz CT molecular complexity index is 947. The zero-order valence-corrected chi connectivity index (χ0v) is 18.1. The molecule has 9 heteroatoms. The molecular formula is C23H27F3N2O4. The number of alkyl halides is 3. The predicted octanol–water partition coefficient (Wildman–Crippen LogP) is 4.95. The van der Waals surface area contributed by atoms with Crippen LogP contribution in [0.25, 0.3) is 11.3 Å². The predicted molar refractivity (Wildman–Crippen MR) is 109 cm³/mol. The highest BCUT2D eigenvalue weighted by Gasteiger charge is 2.48. The summed E-state index contributed by atoms with van der Waals surface area (Å²) in [5, 5.41) is 4.15. The van der Waals surface area contributed by atoms with E-state index in [0.29, 0.717) is 17.5 Å². The molecule has 1 aromatic carbocycles. The van der Waals surface area contributed by atoms with Gasteiger partial charge in [-0.3, -0.25) is 4.90 Å². The summed E-state index contributed by atoms with van der Waals surface area (Å²) in [5.41, 5.74) is 1.36. The van der Waals surface area contributed by atoms with Gasteiger partial charge < -0.3 is 18.7 Å². The first-order valence-corrected chi connectivity index (χ1v) is 11.1. The lowest BCUT2D eigenvalue weighted by Gasteiger charge is -2.54. The van der Waals surface area contributed by atoms with Crippen molar-refractivity contribution in [2.75, 3.05) is 20.2 Å². The SMILES string of the molecule is COC(C)N1CC2CC(C1)C2OCc1c(-c2ccccc2OC(F)(F)F)noc1C1CC1. The maximum Gasteiger partial charge on any atom is 0.573 e. The number of hydrogen-bond acceptors (Lipinski definition) is 6. The number of methoxy groups -OCH3 is 1. The van der Waals surface area contributed by atoms with Crippen LogP contribution in [0.2, 0.25) is 0 Å². The monoisotopic (exact) mass is 452 g/mol. The Balaban J connectivity index is 1.35. The van der Waals surface area contributed by atoms with Gasteiger partial charge in [-0.05, 0) is 50.2 Å². The molecular weight excluding hydrogens is 425 g/mol. The number of halogens is 3. The molecule has 174 valence electrons. The summed E-state index contributed by atoms with van der Waals surface area (Å²) in [6, 6.07) is 6.03. The summed E-state index contributed by atoms with van der Waals surface area (Å²) in [6.07, 6.45) is -1.47. The van der Waals surface area contributed by atoms with Gasteiger partial charge in [0, 0.05) is 37.2 Å². The number of para-hydroxylation sites is 1. The first-order chi connectivity index (χ1) is 15.3. The van der Waals surface area contributed by atoms with Crippen LogP contribution in [-0.2, 0) is 16.1 Å². The number of benzene rings is 1. The molecule has 3 atom stereocenters. The van der Waals surface area contributed by atoms with Crippen LogP contribution in [0.4, 0.5) is 13.2 Å². The van der Waals surface area contributed by atoms with Gasteiger partial charge in [-0.25, -0.2) is 0 Å². The summed E-state index contributed by atoms with van der Waals surface area (Å²) < 4.78 is 60.4. The van der Waals surface area contributed by atoms with Crippen molar-refractivity contribution in [2.24, 2.45) is 11.8 Å². The molecule has 2 aliphatic heterocycles. The van der Waals surface area contributed by atoms with Crippen molar-refractivity contribution in [1.29, 1.82) is 0 Å². The van der Waals surface area contributed by atoms with Crippen molar-refractivity contribution >= 4 is 0 Å². The molecule has 6 nitrogen and oxygen atoms in total. The topological polar surface area (TPSA) is 57.0 Å². The number of rotatable bonds is 8. The number of nitrogens with zero attached hydrogens (tertiary/aromatic N) is 2. The molecule has 32 heavy (non-hydrogen) atoms. The van der Waals surface area contributed by atoms with E-state index in [-0.39, 0.29) is 36.2 Å². The lowest BCUT2D eigenvalue weighted by molar-refractivity contribution is -0.274. The Morgan fingerprint density at radius 1 is 1.19 bits per heavy atom. The number of hydrogen-bond donors (Lipinski definition) is 0. The second kappa shape index (κ2) is 8.35. The molecule has 2 aliphatic carbocycles. The zero-order chi connectivity index (χ0) is 22.5. The minimum atomic E-state index is -4.79. The molecule has 0 spiro atoms. The van der Waals surface area contributed by atoms with E-state index in [1.807, 2.05) is 6.92 Å². The first-order valence-electron chi connectivity index (χ1n) is 11.1. The van der Waals surface area contributed by atoms with Crippen LogP contribution >= 0.6 is 0 Å². The van der Waals surface area contributed by atoms with Crippen LogP contribution in [0, 0.1) is 11.8 Å². The van der Waals surface area contributed by atoms with Gasteiger partial charge in [0.15, 0.2) is 0 Å². The fourth-order valence-corrected chi connectivity index (χ4v) is 4.99. The van der Waals surface area contributed by atoms with E-state index in [0.717, 1.165) is 43.7 Å². The molecule has 0 radical (unpaired) electrons. The third-order valence-electron chi connectivity index (χ3n) is 6.88. The van der Waals surface area contributed by atoms with Crippen molar-refractivity contribution in [3.05, 3.63) is 35.6 Å². The maximum absolute atomic E-state index is 12.9. The molecule has 0 amide bonds. The molecule has 0 N–H and O–H groups in total. The average Bonchev–Trinajstić information content (AvgIpc) is 3.52. The lowest BCUT2D eigenvalue weighted by Crippen LogP contribution is -2.61. The molecule has 2 saturated carbocycles. The van der Waals surface area contributed by atoms with Crippen LogP contribution in [0.15, 0.2) is 28.8 Å². The molecule has 2 aromatic rings. The highest BCUT2D eigenvalue weighted by Crippen LogP contribution is 2.47. The average molecular weight is 452 g/mol. The van der Waals surface area contributed by atoms with E-state index >= 15 is 0 Å². The molecule has 2 bridgehead atoms. The molecule has 4 fully saturated rings. The second-order valence-electron chi connectivity index (χ2n) is 9.01. The van der Waals surface area contributed by atoms with Crippen molar-refractivity contribution in [3.63, 3.8) is 0 Å². The van der Waals surface area contributed by atoms with Gasteiger partial charge in [-0.2, -0.15) is 0 Å². The fourth-order valence-electron chi connectivity index (χ4n) is 4.99. The molecule has 3 unspecified atom stereocenters. The van der Waals surface area contributed by atoms with Crippen LogP contribution in [0.3, 0.4) is 0 Å². The van der Waals surface area contributed by atoms with E-state index in [1.54, 1.807) is 19.2 Å². The Labute approximate surface area is 184 Å². The van der Waals surface area contributed by atoms with Crippen LogP contribution in [0.1, 0.15) is 43.4 Å². The van der Waals surface area contributed by atoms with Crippen LogP contribution < -0.4 is 4.74 Å². The molecule has 3 heterocycles. The van der Waals surface area contributed by atoms with Gasteiger partial charge in [0.1, 0.15) is 23.4 Å². The highest BCUT2D eigenvalue weighted by molar-refractivity contribution is 5.70. The third kappa shape index (κ3) is 4.25. The Kier molecular flexibility index (Phi) is 5.67. The van der Waals surface area contributed by atoms with Crippen LogP contribution in [-0.4, -0.2) is 49.0 Å². The van der Waals surface area contributed by atoms with Gasteiger partial charge in [-0.1, -0.05) is 17.3 Å². The van der Waals surface area contributed by atoms with Crippen molar-refractivity contribution in [2.45, 2.75) is 57.4 Å².